The highest BCUT2D eigenvalue weighted by atomic mass is 16.5. The number of aliphatic hydroxyl groups excluding tert-OH is 1. The lowest BCUT2D eigenvalue weighted by Gasteiger charge is -2.17. The normalized spacial score (nSPS) is 10.1. The van der Waals surface area contributed by atoms with E-state index >= 15 is 0 Å². The van der Waals surface area contributed by atoms with Crippen molar-refractivity contribution in [2.75, 3.05) is 32.8 Å². The van der Waals surface area contributed by atoms with Crippen LogP contribution < -0.4 is 5.32 Å². The lowest BCUT2D eigenvalue weighted by atomic mass is 10.4. The van der Waals surface area contributed by atoms with E-state index in [9.17, 15) is 9.59 Å². The number of carbonyl (C=O) groups is 2. The number of carbonyl (C=O) groups excluding carboxylic acids is 2. The molecule has 6 nitrogen and oxygen atoms in total. The highest BCUT2D eigenvalue weighted by Gasteiger charge is 2.11. The fourth-order valence-corrected chi connectivity index (χ4v) is 1.01. The van der Waals surface area contributed by atoms with Gasteiger partial charge >= 0.3 is 6.09 Å². The van der Waals surface area contributed by atoms with E-state index in [0.29, 0.717) is 13.1 Å². The largest absolute Gasteiger partial charge is 0.450 e. The van der Waals surface area contributed by atoms with Gasteiger partial charge in [-0.25, -0.2) is 4.79 Å². The van der Waals surface area contributed by atoms with Gasteiger partial charge in [-0.15, -0.1) is 0 Å². The van der Waals surface area contributed by atoms with Crippen molar-refractivity contribution in [1.82, 2.24) is 10.2 Å². The van der Waals surface area contributed by atoms with E-state index in [1.54, 1.807) is 11.8 Å². The molecule has 0 aliphatic carbocycles. The van der Waals surface area contributed by atoms with Crippen LogP contribution in [0, 0.1) is 0 Å². The van der Waals surface area contributed by atoms with Crippen LogP contribution in [-0.4, -0.2) is 54.9 Å². The molecular formula is C9H18N2O4. The van der Waals surface area contributed by atoms with Gasteiger partial charge in [0.15, 0.2) is 0 Å². The predicted octanol–water partition coefficient (Wildman–Crippen LogP) is -0.427. The second kappa shape index (κ2) is 8.19. The molecule has 0 aliphatic heterocycles. The number of amides is 2. The molecule has 0 saturated carbocycles. The summed E-state index contributed by atoms with van der Waals surface area (Å²) in [6.45, 7) is 4.87. The van der Waals surface area contributed by atoms with Gasteiger partial charge in [-0.3, -0.25) is 15.0 Å². The summed E-state index contributed by atoms with van der Waals surface area (Å²) in [6, 6.07) is 0. The SMILES string of the molecule is CCOC(=O)NC(=O)CN(CC)CCO. The smallest absolute Gasteiger partial charge is 0.413 e. The Morgan fingerprint density at radius 3 is 2.53 bits per heavy atom. The van der Waals surface area contributed by atoms with E-state index < -0.39 is 12.0 Å². The molecule has 88 valence electrons. The van der Waals surface area contributed by atoms with Crippen molar-refractivity contribution < 1.29 is 19.4 Å². The van der Waals surface area contributed by atoms with E-state index in [0.717, 1.165) is 0 Å². The van der Waals surface area contributed by atoms with Gasteiger partial charge in [-0.1, -0.05) is 6.92 Å². The van der Waals surface area contributed by atoms with Crippen LogP contribution in [0.1, 0.15) is 13.8 Å². The van der Waals surface area contributed by atoms with Crippen molar-refractivity contribution >= 4 is 12.0 Å². The zero-order valence-corrected chi connectivity index (χ0v) is 9.15. The van der Waals surface area contributed by atoms with Crippen molar-refractivity contribution in [2.24, 2.45) is 0 Å². The molecule has 0 atom stereocenters. The summed E-state index contributed by atoms with van der Waals surface area (Å²) in [6.07, 6.45) is -0.734. The maximum absolute atomic E-state index is 11.2. The number of rotatable bonds is 6. The van der Waals surface area contributed by atoms with Crippen LogP contribution in [0.2, 0.25) is 0 Å². The van der Waals surface area contributed by atoms with E-state index in [4.69, 9.17) is 5.11 Å². The monoisotopic (exact) mass is 218 g/mol. The Bertz CT molecular complexity index is 208. The first-order chi connectivity index (χ1) is 7.13. The van der Waals surface area contributed by atoms with Crippen LogP contribution in [0.25, 0.3) is 0 Å². The molecule has 0 bridgehead atoms. The molecular weight excluding hydrogens is 200 g/mol. The number of hydrogen-bond acceptors (Lipinski definition) is 5. The lowest BCUT2D eigenvalue weighted by molar-refractivity contribution is -0.121. The first kappa shape index (κ1) is 13.9. The topological polar surface area (TPSA) is 78.9 Å². The molecule has 0 aromatic carbocycles. The average molecular weight is 218 g/mol. The maximum Gasteiger partial charge on any atom is 0.413 e. The summed E-state index contributed by atoms with van der Waals surface area (Å²) in [5.74, 6) is -0.427. The first-order valence-electron chi connectivity index (χ1n) is 4.93. The van der Waals surface area contributed by atoms with Crippen LogP contribution >= 0.6 is 0 Å². The summed E-state index contributed by atoms with van der Waals surface area (Å²) in [5.41, 5.74) is 0. The van der Waals surface area contributed by atoms with Crippen LogP contribution in [0.3, 0.4) is 0 Å². The van der Waals surface area contributed by atoms with Crippen LogP contribution in [0.15, 0.2) is 0 Å². The van der Waals surface area contributed by atoms with Crippen molar-refractivity contribution in [2.45, 2.75) is 13.8 Å². The Kier molecular flexibility index (Phi) is 7.57. The summed E-state index contributed by atoms with van der Waals surface area (Å²) in [5, 5.41) is 10.8. The molecule has 0 heterocycles. The Labute approximate surface area is 89.2 Å². The fraction of sp³-hybridized carbons (Fsp3) is 0.778. The number of hydrogen-bond donors (Lipinski definition) is 2. The van der Waals surface area contributed by atoms with Gasteiger partial charge in [-0.05, 0) is 13.5 Å². The minimum atomic E-state index is -0.734. The number of nitrogens with zero attached hydrogens (tertiary/aromatic N) is 1. The Hall–Kier alpha value is -1.14. The zero-order valence-electron chi connectivity index (χ0n) is 9.15. The molecule has 0 aromatic heterocycles. The second-order valence-electron chi connectivity index (χ2n) is 2.86. The van der Waals surface area contributed by atoms with Gasteiger partial charge in [0.1, 0.15) is 0 Å². The quantitative estimate of drug-likeness (QED) is 0.632. The van der Waals surface area contributed by atoms with Gasteiger partial charge in [0.2, 0.25) is 5.91 Å². The molecule has 6 heteroatoms. The third-order valence-electron chi connectivity index (χ3n) is 1.75. The highest BCUT2D eigenvalue weighted by Crippen LogP contribution is 1.87. The van der Waals surface area contributed by atoms with E-state index in [2.05, 4.69) is 10.1 Å². The van der Waals surface area contributed by atoms with Gasteiger partial charge < -0.3 is 9.84 Å². The van der Waals surface area contributed by atoms with Gasteiger partial charge in [0.05, 0.1) is 19.8 Å². The first-order valence-corrected chi connectivity index (χ1v) is 4.93. The number of aliphatic hydroxyl groups is 1. The third kappa shape index (κ3) is 6.87. The van der Waals surface area contributed by atoms with Crippen LogP contribution in [0.4, 0.5) is 4.79 Å². The van der Waals surface area contributed by atoms with Crippen LogP contribution in [0.5, 0.6) is 0 Å². The van der Waals surface area contributed by atoms with Crippen molar-refractivity contribution in [3.05, 3.63) is 0 Å². The molecule has 0 unspecified atom stereocenters. The van der Waals surface area contributed by atoms with Crippen molar-refractivity contribution in [3.63, 3.8) is 0 Å². The number of alkyl carbamates (subject to hydrolysis) is 1. The highest BCUT2D eigenvalue weighted by molar-refractivity contribution is 5.92. The molecule has 0 spiro atoms. The van der Waals surface area contributed by atoms with E-state index in [1.165, 1.54) is 0 Å². The molecule has 0 fully saturated rings. The Morgan fingerprint density at radius 2 is 2.07 bits per heavy atom. The molecule has 0 aliphatic rings. The number of nitrogens with one attached hydrogen (secondary N) is 1. The van der Waals surface area contributed by atoms with Gasteiger partial charge in [0, 0.05) is 6.54 Å². The van der Waals surface area contributed by atoms with Gasteiger partial charge in [-0.2, -0.15) is 0 Å². The predicted molar refractivity (Wildman–Crippen MR) is 54.4 cm³/mol. The molecule has 2 amide bonds. The van der Waals surface area contributed by atoms with Crippen molar-refractivity contribution in [3.8, 4) is 0 Å². The molecule has 15 heavy (non-hydrogen) atoms. The molecule has 0 aromatic rings. The lowest BCUT2D eigenvalue weighted by Crippen LogP contribution is -2.41. The zero-order chi connectivity index (χ0) is 11.7. The Morgan fingerprint density at radius 1 is 1.40 bits per heavy atom. The summed E-state index contributed by atoms with van der Waals surface area (Å²) in [4.78, 5) is 23.8. The standard InChI is InChI=1S/C9H18N2O4/c1-3-11(5-6-12)7-8(13)10-9(14)15-4-2/h12H,3-7H2,1-2H3,(H,10,13,14). The maximum atomic E-state index is 11.2. The van der Waals surface area contributed by atoms with Crippen LogP contribution in [-0.2, 0) is 9.53 Å². The molecule has 0 rings (SSSR count). The van der Waals surface area contributed by atoms with Gasteiger partial charge in [0.25, 0.3) is 0 Å². The van der Waals surface area contributed by atoms with E-state index in [-0.39, 0.29) is 19.8 Å². The molecule has 0 radical (unpaired) electrons. The summed E-state index contributed by atoms with van der Waals surface area (Å²) >= 11 is 0. The molecule has 0 saturated heterocycles. The Balaban J connectivity index is 3.84. The fourth-order valence-electron chi connectivity index (χ4n) is 1.01. The molecule has 2 N–H and O–H groups in total. The number of imide groups is 1. The summed E-state index contributed by atoms with van der Waals surface area (Å²) < 4.78 is 4.55. The minimum absolute atomic E-state index is 0.0134. The van der Waals surface area contributed by atoms with Crippen molar-refractivity contribution in [1.29, 1.82) is 0 Å². The summed E-state index contributed by atoms with van der Waals surface area (Å²) in [7, 11) is 0. The average Bonchev–Trinajstić information content (AvgIpc) is 2.17. The number of ether oxygens (including phenoxy) is 1. The van der Waals surface area contributed by atoms with E-state index in [1.807, 2.05) is 6.92 Å². The number of likely N-dealkylation sites (N-methyl/N-ethyl adjacent to an activating group) is 1. The second-order valence-corrected chi connectivity index (χ2v) is 2.86. The third-order valence-corrected chi connectivity index (χ3v) is 1.75. The minimum Gasteiger partial charge on any atom is -0.450 e.